The van der Waals surface area contributed by atoms with Gasteiger partial charge in [-0.25, -0.2) is 4.79 Å². The second-order valence-corrected chi connectivity index (χ2v) is 6.55. The van der Waals surface area contributed by atoms with E-state index in [0.29, 0.717) is 19.6 Å². The molecule has 1 N–H and O–H groups in total. The van der Waals surface area contributed by atoms with Crippen LogP contribution in [0.3, 0.4) is 0 Å². The molecule has 5 nitrogen and oxygen atoms in total. The van der Waals surface area contributed by atoms with Gasteiger partial charge in [0.2, 0.25) is 0 Å². The first-order valence-electron chi connectivity index (χ1n) is 7.67. The van der Waals surface area contributed by atoms with Gasteiger partial charge in [-0.1, -0.05) is 30.3 Å². The zero-order valence-electron chi connectivity index (χ0n) is 13.5. The highest BCUT2D eigenvalue weighted by atomic mass is 16.6. The van der Waals surface area contributed by atoms with Crippen molar-refractivity contribution in [3.63, 3.8) is 0 Å². The molecule has 2 rings (SSSR count). The van der Waals surface area contributed by atoms with Crippen LogP contribution >= 0.6 is 0 Å². The van der Waals surface area contributed by atoms with Gasteiger partial charge in [0.25, 0.3) is 0 Å². The molecule has 0 saturated carbocycles. The molecule has 22 heavy (non-hydrogen) atoms. The maximum Gasteiger partial charge on any atom is 0.410 e. The maximum absolute atomic E-state index is 12.2. The number of carbonyl (C=O) groups is 1. The van der Waals surface area contributed by atoms with Crippen LogP contribution in [0.1, 0.15) is 32.8 Å². The highest BCUT2D eigenvalue weighted by Crippen LogP contribution is 2.24. The van der Waals surface area contributed by atoms with Crippen LogP contribution in [0.2, 0.25) is 0 Å². The van der Waals surface area contributed by atoms with Gasteiger partial charge in [-0.2, -0.15) is 0 Å². The van der Waals surface area contributed by atoms with Gasteiger partial charge >= 0.3 is 6.09 Å². The third-order valence-corrected chi connectivity index (χ3v) is 3.61. The van der Waals surface area contributed by atoms with Crippen molar-refractivity contribution in [3.05, 3.63) is 35.9 Å². The molecule has 0 spiro atoms. The molecule has 0 aromatic heterocycles. The summed E-state index contributed by atoms with van der Waals surface area (Å²) in [6.45, 7) is 6.39. The van der Waals surface area contributed by atoms with Gasteiger partial charge < -0.3 is 19.5 Å². The summed E-state index contributed by atoms with van der Waals surface area (Å²) in [5, 5.41) is 9.62. The van der Waals surface area contributed by atoms with Gasteiger partial charge in [-0.3, -0.25) is 0 Å². The molecule has 1 aromatic carbocycles. The third-order valence-electron chi connectivity index (χ3n) is 3.61. The lowest BCUT2D eigenvalue weighted by atomic mass is 10.1. The first-order chi connectivity index (χ1) is 10.4. The number of ether oxygens (including phenoxy) is 2. The van der Waals surface area contributed by atoms with Crippen molar-refractivity contribution in [1.29, 1.82) is 0 Å². The third kappa shape index (κ3) is 4.45. The average Bonchev–Trinajstić information content (AvgIpc) is 2.87. The minimum atomic E-state index is -0.542. The Kier molecular flexibility index (Phi) is 5.42. The summed E-state index contributed by atoms with van der Waals surface area (Å²) in [4.78, 5) is 13.8. The van der Waals surface area contributed by atoms with Gasteiger partial charge in [-0.05, 0) is 32.8 Å². The number of carbonyl (C=O) groups excluding carboxylic acids is 1. The fraction of sp³-hybridized carbons (Fsp3) is 0.588. The van der Waals surface area contributed by atoms with Crippen LogP contribution in [0.4, 0.5) is 4.79 Å². The number of amides is 1. The Labute approximate surface area is 131 Å². The Hall–Kier alpha value is -1.59. The predicted octanol–water partition coefficient (Wildman–Crippen LogP) is 2.57. The van der Waals surface area contributed by atoms with Crippen molar-refractivity contribution in [2.45, 2.75) is 51.5 Å². The summed E-state index contributed by atoms with van der Waals surface area (Å²) in [7, 11) is 0. The monoisotopic (exact) mass is 307 g/mol. The largest absolute Gasteiger partial charge is 0.444 e. The molecular formula is C17H25NO4. The lowest BCUT2D eigenvalue weighted by Gasteiger charge is -2.29. The number of aliphatic hydroxyl groups excluding tert-OH is 1. The van der Waals surface area contributed by atoms with Crippen LogP contribution in [0.25, 0.3) is 0 Å². The van der Waals surface area contributed by atoms with Crippen molar-refractivity contribution in [2.24, 2.45) is 0 Å². The Bertz CT molecular complexity index is 483. The quantitative estimate of drug-likeness (QED) is 0.929. The maximum atomic E-state index is 12.2. The van der Waals surface area contributed by atoms with Crippen LogP contribution in [0, 0.1) is 0 Å². The van der Waals surface area contributed by atoms with Crippen molar-refractivity contribution in [3.8, 4) is 0 Å². The molecule has 5 heteroatoms. The first kappa shape index (κ1) is 16.8. The number of likely N-dealkylation sites (tertiary alicyclic amines) is 1. The van der Waals surface area contributed by atoms with Crippen LogP contribution in [-0.4, -0.2) is 47.0 Å². The van der Waals surface area contributed by atoms with Crippen LogP contribution in [-0.2, 0) is 16.1 Å². The molecule has 1 saturated heterocycles. The second-order valence-electron chi connectivity index (χ2n) is 6.55. The highest BCUT2D eigenvalue weighted by molar-refractivity contribution is 5.69. The molecule has 1 fully saturated rings. The molecule has 1 aliphatic heterocycles. The smallest absolute Gasteiger partial charge is 0.410 e. The van der Waals surface area contributed by atoms with E-state index in [1.54, 1.807) is 4.90 Å². The summed E-state index contributed by atoms with van der Waals surface area (Å²) in [5.41, 5.74) is 0.537. The number of nitrogens with zero attached hydrogens (tertiary/aromatic N) is 1. The lowest BCUT2D eigenvalue weighted by molar-refractivity contribution is -0.0173. The van der Waals surface area contributed by atoms with Gasteiger partial charge in [0.15, 0.2) is 0 Å². The summed E-state index contributed by atoms with van der Waals surface area (Å²) < 4.78 is 11.3. The van der Waals surface area contributed by atoms with E-state index < -0.39 is 11.7 Å². The first-order valence-corrected chi connectivity index (χ1v) is 7.67. The summed E-state index contributed by atoms with van der Waals surface area (Å²) >= 11 is 0. The number of aliphatic hydroxyl groups is 1. The van der Waals surface area contributed by atoms with E-state index in [1.807, 2.05) is 51.1 Å². The predicted molar refractivity (Wildman–Crippen MR) is 83.4 cm³/mol. The van der Waals surface area contributed by atoms with Crippen LogP contribution in [0.15, 0.2) is 30.3 Å². The molecule has 0 aliphatic carbocycles. The van der Waals surface area contributed by atoms with Crippen molar-refractivity contribution in [2.75, 3.05) is 13.2 Å². The van der Waals surface area contributed by atoms with E-state index in [-0.39, 0.29) is 18.8 Å². The molecule has 0 radical (unpaired) electrons. The zero-order valence-corrected chi connectivity index (χ0v) is 13.5. The van der Waals surface area contributed by atoms with E-state index in [9.17, 15) is 9.90 Å². The molecule has 2 unspecified atom stereocenters. The molecule has 1 amide bonds. The van der Waals surface area contributed by atoms with Gasteiger partial charge in [0, 0.05) is 6.54 Å². The molecule has 0 bridgehead atoms. The Morgan fingerprint density at radius 1 is 1.32 bits per heavy atom. The summed E-state index contributed by atoms with van der Waals surface area (Å²) in [6, 6.07) is 9.52. The molecule has 2 atom stereocenters. The Balaban J connectivity index is 1.93. The van der Waals surface area contributed by atoms with Gasteiger partial charge in [0.05, 0.1) is 25.4 Å². The van der Waals surface area contributed by atoms with E-state index in [1.165, 1.54) is 0 Å². The average molecular weight is 307 g/mol. The Morgan fingerprint density at radius 2 is 2.00 bits per heavy atom. The number of hydrogen-bond acceptors (Lipinski definition) is 4. The zero-order chi connectivity index (χ0) is 16.2. The normalized spacial score (nSPS) is 21.9. The van der Waals surface area contributed by atoms with E-state index >= 15 is 0 Å². The number of benzene rings is 1. The van der Waals surface area contributed by atoms with E-state index in [2.05, 4.69) is 0 Å². The Morgan fingerprint density at radius 3 is 2.59 bits per heavy atom. The van der Waals surface area contributed by atoms with E-state index in [0.717, 1.165) is 5.56 Å². The minimum Gasteiger partial charge on any atom is -0.444 e. The van der Waals surface area contributed by atoms with E-state index in [4.69, 9.17) is 9.47 Å². The van der Waals surface area contributed by atoms with Crippen molar-refractivity contribution >= 4 is 6.09 Å². The number of hydrogen-bond donors (Lipinski definition) is 1. The molecule has 122 valence electrons. The van der Waals surface area contributed by atoms with Crippen molar-refractivity contribution in [1.82, 2.24) is 4.90 Å². The molecular weight excluding hydrogens is 282 g/mol. The number of rotatable bonds is 4. The fourth-order valence-corrected chi connectivity index (χ4v) is 2.56. The molecule has 1 aliphatic rings. The van der Waals surface area contributed by atoms with Crippen LogP contribution in [0.5, 0.6) is 0 Å². The fourth-order valence-electron chi connectivity index (χ4n) is 2.56. The molecule has 1 aromatic rings. The van der Waals surface area contributed by atoms with Crippen molar-refractivity contribution < 1.29 is 19.4 Å². The summed E-state index contributed by atoms with van der Waals surface area (Å²) in [6.07, 6.45) is 0.146. The lowest BCUT2D eigenvalue weighted by Crippen LogP contribution is -2.45. The molecule has 1 heterocycles. The SMILES string of the molecule is CC(C)(C)OC(=O)N1CCC(OCc2ccccc2)C1CO. The summed E-state index contributed by atoms with van der Waals surface area (Å²) in [5.74, 6) is 0. The van der Waals surface area contributed by atoms with Gasteiger partial charge in [-0.15, -0.1) is 0 Å². The van der Waals surface area contributed by atoms with Crippen LogP contribution < -0.4 is 0 Å². The highest BCUT2D eigenvalue weighted by Gasteiger charge is 2.39. The minimum absolute atomic E-state index is 0.126. The standard InChI is InChI=1S/C17H25NO4/c1-17(2,3)22-16(20)18-10-9-15(14(18)11-19)21-12-13-7-5-4-6-8-13/h4-8,14-15,19H,9-12H2,1-3H3. The van der Waals surface area contributed by atoms with Gasteiger partial charge in [0.1, 0.15) is 5.60 Å². The second kappa shape index (κ2) is 7.11. The topological polar surface area (TPSA) is 59.0 Å².